The number of hydrogen-bond donors (Lipinski definition) is 2. The molecule has 2 amide bonds. The first-order valence-corrected chi connectivity index (χ1v) is 11.5. The van der Waals surface area contributed by atoms with Crippen LogP contribution in [0.5, 0.6) is 0 Å². The Labute approximate surface area is 201 Å². The van der Waals surface area contributed by atoms with Gasteiger partial charge in [0.15, 0.2) is 5.16 Å². The lowest BCUT2D eigenvalue weighted by Crippen LogP contribution is -2.41. The predicted molar refractivity (Wildman–Crippen MR) is 128 cm³/mol. The van der Waals surface area contributed by atoms with Crippen molar-refractivity contribution in [3.05, 3.63) is 101 Å². The van der Waals surface area contributed by atoms with Gasteiger partial charge in [0.05, 0.1) is 6.54 Å². The standard InChI is InChI=1S/C24H23N7O2S/c1-16-11-17(2)28-24(27-16)34-13-19-5-9-21(10-6-19)23(33)30-29-22(32)20-7-3-18(4-8-20)12-31-15-25-14-26-31/h3-11,14-15H,12-13H2,1-2H3,(H,29,32)(H,30,33). The van der Waals surface area contributed by atoms with Crippen molar-refractivity contribution in [3.8, 4) is 0 Å². The summed E-state index contributed by atoms with van der Waals surface area (Å²) < 4.78 is 1.69. The molecule has 4 aromatic rings. The topological polar surface area (TPSA) is 115 Å². The molecule has 34 heavy (non-hydrogen) atoms. The summed E-state index contributed by atoms with van der Waals surface area (Å²) in [5.41, 5.74) is 9.67. The fraction of sp³-hybridized carbons (Fsp3) is 0.167. The number of carbonyl (C=O) groups is 2. The van der Waals surface area contributed by atoms with Crippen LogP contribution >= 0.6 is 11.8 Å². The van der Waals surface area contributed by atoms with Gasteiger partial charge in [-0.15, -0.1) is 0 Å². The summed E-state index contributed by atoms with van der Waals surface area (Å²) in [5, 5.41) is 4.78. The van der Waals surface area contributed by atoms with Gasteiger partial charge in [0.25, 0.3) is 11.8 Å². The smallest absolute Gasteiger partial charge is 0.267 e. The third kappa shape index (κ3) is 6.26. The zero-order chi connectivity index (χ0) is 23.9. The van der Waals surface area contributed by atoms with Crippen molar-refractivity contribution >= 4 is 23.6 Å². The first-order valence-electron chi connectivity index (χ1n) is 10.5. The average Bonchev–Trinajstić information content (AvgIpc) is 3.34. The van der Waals surface area contributed by atoms with E-state index >= 15 is 0 Å². The summed E-state index contributed by atoms with van der Waals surface area (Å²) in [4.78, 5) is 37.5. The predicted octanol–water partition coefficient (Wildman–Crippen LogP) is 3.10. The molecule has 0 spiro atoms. The van der Waals surface area contributed by atoms with Crippen molar-refractivity contribution in [2.75, 3.05) is 0 Å². The molecule has 0 bridgehead atoms. The third-order valence-electron chi connectivity index (χ3n) is 4.86. The monoisotopic (exact) mass is 473 g/mol. The molecule has 0 saturated carbocycles. The summed E-state index contributed by atoms with van der Waals surface area (Å²) in [6.07, 6.45) is 3.10. The zero-order valence-electron chi connectivity index (χ0n) is 18.7. The van der Waals surface area contributed by atoms with Crippen LogP contribution in [0.15, 0.2) is 72.4 Å². The van der Waals surface area contributed by atoms with E-state index < -0.39 is 11.8 Å². The molecule has 2 aromatic carbocycles. The highest BCUT2D eigenvalue weighted by atomic mass is 32.2. The van der Waals surface area contributed by atoms with Crippen LogP contribution in [0.4, 0.5) is 0 Å². The maximum Gasteiger partial charge on any atom is 0.269 e. The van der Waals surface area contributed by atoms with Crippen molar-refractivity contribution in [1.82, 2.24) is 35.6 Å². The number of nitrogens with one attached hydrogen (secondary N) is 2. The zero-order valence-corrected chi connectivity index (χ0v) is 19.5. The average molecular weight is 474 g/mol. The normalized spacial score (nSPS) is 10.6. The van der Waals surface area contributed by atoms with Crippen LogP contribution in [-0.4, -0.2) is 36.5 Å². The molecule has 10 heteroatoms. The molecule has 0 atom stereocenters. The van der Waals surface area contributed by atoms with E-state index in [2.05, 4.69) is 30.9 Å². The lowest BCUT2D eigenvalue weighted by atomic mass is 10.1. The molecular weight excluding hydrogens is 450 g/mol. The molecule has 4 rings (SSSR count). The molecule has 0 fully saturated rings. The van der Waals surface area contributed by atoms with Gasteiger partial charge in [0.1, 0.15) is 12.7 Å². The number of amides is 2. The molecule has 2 heterocycles. The Morgan fingerprint density at radius 3 is 1.94 bits per heavy atom. The van der Waals surface area contributed by atoms with Gasteiger partial charge in [-0.25, -0.2) is 19.6 Å². The number of aryl methyl sites for hydroxylation is 2. The minimum Gasteiger partial charge on any atom is -0.267 e. The van der Waals surface area contributed by atoms with Crippen LogP contribution in [0.2, 0.25) is 0 Å². The van der Waals surface area contributed by atoms with Gasteiger partial charge >= 0.3 is 0 Å². The van der Waals surface area contributed by atoms with E-state index in [0.717, 1.165) is 27.7 Å². The van der Waals surface area contributed by atoms with Crippen LogP contribution in [0.3, 0.4) is 0 Å². The maximum absolute atomic E-state index is 12.4. The van der Waals surface area contributed by atoms with Crippen LogP contribution < -0.4 is 10.9 Å². The van der Waals surface area contributed by atoms with Crippen molar-refractivity contribution < 1.29 is 9.59 Å². The lowest BCUT2D eigenvalue weighted by molar-refractivity contribution is 0.0846. The molecule has 0 radical (unpaired) electrons. The summed E-state index contributed by atoms with van der Waals surface area (Å²) in [6.45, 7) is 4.45. The number of rotatable bonds is 7. The molecule has 2 aromatic heterocycles. The largest absolute Gasteiger partial charge is 0.269 e. The van der Waals surface area contributed by atoms with Crippen LogP contribution in [0.25, 0.3) is 0 Å². The molecule has 0 saturated heterocycles. The molecule has 0 aliphatic heterocycles. The van der Waals surface area contributed by atoms with Crippen LogP contribution in [-0.2, 0) is 12.3 Å². The Hall–Kier alpha value is -4.05. The van der Waals surface area contributed by atoms with E-state index in [-0.39, 0.29) is 0 Å². The Bertz CT molecular complexity index is 1250. The highest BCUT2D eigenvalue weighted by Crippen LogP contribution is 2.20. The minimum atomic E-state index is -0.401. The summed E-state index contributed by atoms with van der Waals surface area (Å²) in [6, 6.07) is 16.2. The number of hydrogen-bond acceptors (Lipinski definition) is 7. The summed E-state index contributed by atoms with van der Waals surface area (Å²) in [5.74, 6) is -0.107. The van der Waals surface area contributed by atoms with Crippen molar-refractivity contribution in [1.29, 1.82) is 0 Å². The van der Waals surface area contributed by atoms with Gasteiger partial charge in [-0.2, -0.15) is 5.10 Å². The maximum atomic E-state index is 12.4. The third-order valence-corrected chi connectivity index (χ3v) is 5.78. The molecular formula is C24H23N7O2S. The Morgan fingerprint density at radius 1 is 0.853 bits per heavy atom. The van der Waals surface area contributed by atoms with E-state index in [1.807, 2.05) is 44.2 Å². The fourth-order valence-electron chi connectivity index (χ4n) is 3.18. The Morgan fingerprint density at radius 2 is 1.41 bits per heavy atom. The van der Waals surface area contributed by atoms with Gasteiger partial charge in [-0.1, -0.05) is 36.0 Å². The van der Waals surface area contributed by atoms with Crippen molar-refractivity contribution in [2.24, 2.45) is 0 Å². The number of hydrazine groups is 1. The number of benzene rings is 2. The second-order valence-corrected chi connectivity index (χ2v) is 8.56. The molecule has 9 nitrogen and oxygen atoms in total. The molecule has 0 aliphatic rings. The van der Waals surface area contributed by atoms with E-state index in [9.17, 15) is 9.59 Å². The molecule has 172 valence electrons. The number of thioether (sulfide) groups is 1. The quantitative estimate of drug-likeness (QED) is 0.241. The van der Waals surface area contributed by atoms with Gasteiger partial charge in [-0.3, -0.25) is 20.4 Å². The highest BCUT2D eigenvalue weighted by Gasteiger charge is 2.10. The van der Waals surface area contributed by atoms with E-state index in [0.29, 0.717) is 23.4 Å². The summed E-state index contributed by atoms with van der Waals surface area (Å²) in [7, 11) is 0. The molecule has 0 aliphatic carbocycles. The molecule has 2 N–H and O–H groups in total. The lowest BCUT2D eigenvalue weighted by Gasteiger charge is -2.09. The van der Waals surface area contributed by atoms with E-state index in [4.69, 9.17) is 0 Å². The van der Waals surface area contributed by atoms with E-state index in [1.54, 1.807) is 47.0 Å². The van der Waals surface area contributed by atoms with Crippen LogP contribution in [0.1, 0.15) is 43.2 Å². The Kier molecular flexibility index (Phi) is 7.28. The second-order valence-electron chi connectivity index (χ2n) is 7.62. The van der Waals surface area contributed by atoms with Crippen molar-refractivity contribution in [3.63, 3.8) is 0 Å². The van der Waals surface area contributed by atoms with Gasteiger partial charge in [0.2, 0.25) is 0 Å². The second kappa shape index (κ2) is 10.7. The van der Waals surface area contributed by atoms with Crippen molar-refractivity contribution in [2.45, 2.75) is 31.3 Å². The van der Waals surface area contributed by atoms with Gasteiger partial charge in [0, 0.05) is 28.3 Å². The first kappa shape index (κ1) is 23.1. The summed E-state index contributed by atoms with van der Waals surface area (Å²) >= 11 is 1.54. The molecule has 0 unspecified atom stereocenters. The van der Waals surface area contributed by atoms with E-state index in [1.165, 1.54) is 6.33 Å². The minimum absolute atomic E-state index is 0.395. The number of aromatic nitrogens is 5. The van der Waals surface area contributed by atoms with Gasteiger partial charge < -0.3 is 0 Å². The van der Waals surface area contributed by atoms with Gasteiger partial charge in [-0.05, 0) is 55.3 Å². The SMILES string of the molecule is Cc1cc(C)nc(SCc2ccc(C(=O)NNC(=O)c3ccc(Cn4cncn4)cc3)cc2)n1. The Balaban J connectivity index is 1.26. The number of nitrogens with zero attached hydrogens (tertiary/aromatic N) is 5. The fourth-order valence-corrected chi connectivity index (χ4v) is 4.08. The van der Waals surface area contributed by atoms with Crippen LogP contribution in [0, 0.1) is 13.8 Å². The number of carbonyl (C=O) groups excluding carboxylic acids is 2. The highest BCUT2D eigenvalue weighted by molar-refractivity contribution is 7.98. The first-order chi connectivity index (χ1) is 16.5.